The number of halogens is 2. The number of hydrogen-bond donors (Lipinski definition) is 1. The molecule has 1 aromatic heterocycles. The number of Topliss-reactive ketones (excluding diaryl/α,β-unsaturated/α-hetero) is 1. The number of pyridine rings is 1. The van der Waals surface area contributed by atoms with Crippen LogP contribution in [-0.4, -0.2) is 16.0 Å². The molecular weight excluding hydrogens is 362 g/mol. The maximum absolute atomic E-state index is 12.6. The van der Waals surface area contributed by atoms with E-state index in [1.165, 1.54) is 18.7 Å². The van der Waals surface area contributed by atoms with E-state index in [1.807, 2.05) is 13.8 Å². The number of fused-ring (bicyclic) bond motifs is 1. The van der Waals surface area contributed by atoms with Crippen molar-refractivity contribution in [3.05, 3.63) is 37.4 Å². The molecule has 0 saturated heterocycles. The van der Waals surface area contributed by atoms with Crippen LogP contribution in [-0.2, 0) is 0 Å². The first kappa shape index (κ1) is 15.6. The summed E-state index contributed by atoms with van der Waals surface area (Å²) >= 11 is 11.0. The largest absolute Gasteiger partial charge is 0.348 e. The molecule has 1 heterocycles. The third-order valence-corrected chi connectivity index (χ3v) is 4.72. The first-order valence-corrected chi connectivity index (χ1v) is 8.09. The van der Waals surface area contributed by atoms with Crippen molar-refractivity contribution < 1.29 is 4.79 Å². The van der Waals surface area contributed by atoms with Gasteiger partial charge in [0.15, 0.2) is 5.78 Å². The molecule has 0 amide bonds. The van der Waals surface area contributed by atoms with Crippen LogP contribution in [0.4, 0.5) is 0 Å². The molecule has 0 aliphatic rings. The Morgan fingerprint density at radius 1 is 1.40 bits per heavy atom. The molecule has 0 spiro atoms. The smallest absolute Gasteiger partial charge is 0.202 e. The Kier molecular flexibility index (Phi) is 4.62. The topological polar surface area (TPSA) is 49.9 Å². The van der Waals surface area contributed by atoms with Crippen LogP contribution in [0.15, 0.2) is 26.4 Å². The van der Waals surface area contributed by atoms with Gasteiger partial charge in [-0.2, -0.15) is 0 Å². The predicted octanol–water partition coefficient (Wildman–Crippen LogP) is 4.65. The summed E-state index contributed by atoms with van der Waals surface area (Å²) in [4.78, 5) is 27.6. The van der Waals surface area contributed by atoms with Crippen molar-refractivity contribution >= 4 is 56.0 Å². The third-order valence-electron chi connectivity index (χ3n) is 2.73. The molecule has 0 unspecified atom stereocenters. The monoisotopic (exact) mass is 373 g/mol. The zero-order valence-corrected chi connectivity index (χ0v) is 14.4. The molecule has 0 atom stereocenters. The third kappa shape index (κ3) is 2.80. The highest BCUT2D eigenvalue weighted by Gasteiger charge is 2.19. The minimum Gasteiger partial charge on any atom is -0.348 e. The van der Waals surface area contributed by atoms with Crippen LogP contribution in [0.1, 0.15) is 31.1 Å². The highest BCUT2D eigenvalue weighted by atomic mass is 79.9. The van der Waals surface area contributed by atoms with Crippen LogP contribution in [0.2, 0.25) is 5.02 Å². The number of H-pyrrole nitrogens is 1. The number of nitrogens with one attached hydrogen (secondary N) is 1. The highest BCUT2D eigenvalue weighted by Crippen LogP contribution is 2.31. The number of carbonyl (C=O) groups is 1. The quantitative estimate of drug-likeness (QED) is 0.628. The summed E-state index contributed by atoms with van der Waals surface area (Å²) in [5.74, 6) is -0.257. The van der Waals surface area contributed by atoms with Crippen LogP contribution >= 0.6 is 39.3 Å². The number of rotatable bonds is 3. The van der Waals surface area contributed by atoms with Crippen LogP contribution in [0.5, 0.6) is 0 Å². The van der Waals surface area contributed by atoms with E-state index in [-0.39, 0.29) is 22.0 Å². The second kappa shape index (κ2) is 5.92. The molecule has 6 heteroatoms. The molecule has 106 valence electrons. The fourth-order valence-electron chi connectivity index (χ4n) is 1.94. The normalized spacial score (nSPS) is 11.3. The van der Waals surface area contributed by atoms with E-state index in [4.69, 9.17) is 11.6 Å². The molecule has 3 nitrogen and oxygen atoms in total. The van der Waals surface area contributed by atoms with Crippen molar-refractivity contribution in [2.75, 3.05) is 0 Å². The van der Waals surface area contributed by atoms with Gasteiger partial charge in [0.05, 0.1) is 26.5 Å². The molecular formula is C14H13BrClNO2S. The summed E-state index contributed by atoms with van der Waals surface area (Å²) in [6, 6.07) is 3.42. The van der Waals surface area contributed by atoms with Gasteiger partial charge < -0.3 is 4.98 Å². The number of hydrogen-bond acceptors (Lipinski definition) is 3. The molecule has 0 fully saturated rings. The molecule has 0 radical (unpaired) electrons. The molecule has 0 aliphatic carbocycles. The van der Waals surface area contributed by atoms with Gasteiger partial charge in [0.25, 0.3) is 0 Å². The second-order valence-corrected chi connectivity index (χ2v) is 7.51. The lowest BCUT2D eigenvalue weighted by molar-refractivity contribution is 0.101. The summed E-state index contributed by atoms with van der Waals surface area (Å²) in [5.41, 5.74) is 0.479. The Morgan fingerprint density at radius 3 is 2.60 bits per heavy atom. The average molecular weight is 375 g/mol. The maximum atomic E-state index is 12.6. The molecule has 2 rings (SSSR count). The van der Waals surface area contributed by atoms with E-state index >= 15 is 0 Å². The van der Waals surface area contributed by atoms with Gasteiger partial charge in [0.2, 0.25) is 5.43 Å². The number of aromatic amines is 1. The molecule has 2 aromatic rings. The van der Waals surface area contributed by atoms with Gasteiger partial charge in [-0.1, -0.05) is 25.4 Å². The summed E-state index contributed by atoms with van der Waals surface area (Å²) in [5, 5.41) is 1.53. The van der Waals surface area contributed by atoms with Crippen molar-refractivity contribution in [2.24, 2.45) is 0 Å². The first-order chi connectivity index (χ1) is 9.32. The van der Waals surface area contributed by atoms with E-state index in [0.29, 0.717) is 21.0 Å². The van der Waals surface area contributed by atoms with Crippen LogP contribution in [0, 0.1) is 0 Å². The molecule has 20 heavy (non-hydrogen) atoms. The lowest BCUT2D eigenvalue weighted by Crippen LogP contribution is -2.17. The van der Waals surface area contributed by atoms with Gasteiger partial charge in [-0.15, -0.1) is 11.8 Å². The zero-order chi connectivity index (χ0) is 15.0. The Balaban J connectivity index is 2.93. The Morgan fingerprint density at radius 2 is 2.05 bits per heavy atom. The van der Waals surface area contributed by atoms with Gasteiger partial charge >= 0.3 is 0 Å². The molecule has 1 aromatic carbocycles. The predicted molar refractivity (Wildman–Crippen MR) is 88.3 cm³/mol. The van der Waals surface area contributed by atoms with Gasteiger partial charge in [-0.05, 0) is 35.0 Å². The SMILES string of the molecule is CC(=O)c1c(SC(C)C)[nH]c2c(Br)ccc(Cl)c2c1=O. The fourth-order valence-corrected chi connectivity index (χ4v) is 3.60. The minimum atomic E-state index is -0.319. The van der Waals surface area contributed by atoms with Crippen LogP contribution in [0.3, 0.4) is 0 Å². The number of aromatic nitrogens is 1. The van der Waals surface area contributed by atoms with Crippen molar-refractivity contribution in [3.63, 3.8) is 0 Å². The maximum Gasteiger partial charge on any atom is 0.202 e. The molecule has 1 N–H and O–H groups in total. The van der Waals surface area contributed by atoms with Crippen molar-refractivity contribution in [3.8, 4) is 0 Å². The van der Waals surface area contributed by atoms with E-state index in [0.717, 1.165) is 4.47 Å². The van der Waals surface area contributed by atoms with E-state index in [9.17, 15) is 9.59 Å². The first-order valence-electron chi connectivity index (χ1n) is 6.04. The standard InChI is InChI=1S/C14H13BrClNO2S/c1-6(2)20-14-10(7(3)18)13(19)11-9(16)5-4-8(15)12(11)17-14/h4-6H,1-3H3,(H,17,19). The second-order valence-electron chi connectivity index (χ2n) is 4.66. The number of carbonyl (C=O) groups excluding carboxylic acids is 1. The van der Waals surface area contributed by atoms with Gasteiger partial charge in [-0.25, -0.2) is 0 Å². The van der Waals surface area contributed by atoms with Crippen molar-refractivity contribution in [2.45, 2.75) is 31.0 Å². The lowest BCUT2D eigenvalue weighted by atomic mass is 10.1. The number of benzene rings is 1. The molecule has 0 bridgehead atoms. The highest BCUT2D eigenvalue weighted by molar-refractivity contribution is 9.10. The van der Waals surface area contributed by atoms with E-state index in [1.54, 1.807) is 12.1 Å². The average Bonchev–Trinajstić information content (AvgIpc) is 2.32. The van der Waals surface area contributed by atoms with Gasteiger partial charge in [0, 0.05) is 9.72 Å². The van der Waals surface area contributed by atoms with Crippen LogP contribution < -0.4 is 5.43 Å². The Hall–Kier alpha value is -0.780. The number of ketones is 1. The Bertz CT molecular complexity index is 755. The summed E-state index contributed by atoms with van der Waals surface area (Å²) in [7, 11) is 0. The molecule has 0 aliphatic heterocycles. The zero-order valence-electron chi connectivity index (χ0n) is 11.2. The summed E-state index contributed by atoms with van der Waals surface area (Å²) in [6.45, 7) is 5.40. The van der Waals surface area contributed by atoms with Gasteiger partial charge in [0.1, 0.15) is 0 Å². The lowest BCUT2D eigenvalue weighted by Gasteiger charge is -2.12. The summed E-state index contributed by atoms with van der Waals surface area (Å²) < 4.78 is 0.745. The van der Waals surface area contributed by atoms with Crippen molar-refractivity contribution in [1.82, 2.24) is 4.98 Å². The fraction of sp³-hybridized carbons (Fsp3) is 0.286. The minimum absolute atomic E-state index is 0.177. The van der Waals surface area contributed by atoms with E-state index < -0.39 is 0 Å². The van der Waals surface area contributed by atoms with Crippen LogP contribution in [0.25, 0.3) is 10.9 Å². The Labute approximate surface area is 134 Å². The van der Waals surface area contributed by atoms with E-state index in [2.05, 4.69) is 20.9 Å². The summed E-state index contributed by atoms with van der Waals surface area (Å²) in [6.07, 6.45) is 0. The molecule has 0 saturated carbocycles. The van der Waals surface area contributed by atoms with Gasteiger partial charge in [-0.3, -0.25) is 9.59 Å². The number of thioether (sulfide) groups is 1. The van der Waals surface area contributed by atoms with Crippen molar-refractivity contribution in [1.29, 1.82) is 0 Å².